The Bertz CT molecular complexity index is 811. The van der Waals surface area contributed by atoms with Crippen molar-refractivity contribution in [3.8, 4) is 0 Å². The smallest absolute Gasteiger partial charge is 0.139 e. The molecule has 0 aromatic carbocycles. The number of thiophene rings is 1. The molecule has 2 atom stereocenters. The van der Waals surface area contributed by atoms with Gasteiger partial charge in [0, 0.05) is 30.9 Å². The van der Waals surface area contributed by atoms with E-state index < -0.39 is 0 Å². The zero-order chi connectivity index (χ0) is 15.1. The fourth-order valence-electron chi connectivity index (χ4n) is 2.91. The normalized spacial score (nSPS) is 21.5. The number of nitrogens with one attached hydrogen (secondary N) is 1. The second-order valence-electron chi connectivity index (χ2n) is 5.53. The van der Waals surface area contributed by atoms with E-state index in [2.05, 4.69) is 33.3 Å². The van der Waals surface area contributed by atoms with E-state index in [9.17, 15) is 0 Å². The summed E-state index contributed by atoms with van der Waals surface area (Å²) in [6.45, 7) is 2.82. The van der Waals surface area contributed by atoms with Crippen molar-refractivity contribution in [3.63, 3.8) is 0 Å². The van der Waals surface area contributed by atoms with Crippen LogP contribution in [0.3, 0.4) is 0 Å². The Morgan fingerprint density at radius 2 is 2.27 bits per heavy atom. The van der Waals surface area contributed by atoms with Gasteiger partial charge in [0.25, 0.3) is 0 Å². The van der Waals surface area contributed by atoms with E-state index in [0.29, 0.717) is 0 Å². The number of hydrogen-bond acceptors (Lipinski definition) is 6. The Hall–Kier alpha value is -1.99. The fourth-order valence-corrected chi connectivity index (χ4v) is 3.76. The van der Waals surface area contributed by atoms with Gasteiger partial charge in [-0.3, -0.25) is 0 Å². The number of aromatic nitrogens is 4. The van der Waals surface area contributed by atoms with Gasteiger partial charge >= 0.3 is 0 Å². The lowest BCUT2D eigenvalue weighted by molar-refractivity contribution is 0.0983. The molecule has 3 aromatic rings. The summed E-state index contributed by atoms with van der Waals surface area (Å²) in [6.07, 6.45) is 6.25. The van der Waals surface area contributed by atoms with Crippen molar-refractivity contribution in [2.24, 2.45) is 7.05 Å². The molecule has 0 saturated carbocycles. The molecule has 1 aliphatic heterocycles. The third kappa shape index (κ3) is 2.26. The van der Waals surface area contributed by atoms with Crippen LogP contribution in [0.5, 0.6) is 0 Å². The zero-order valence-corrected chi connectivity index (χ0v) is 13.3. The standard InChI is InChI=1S/C15H17N5OS/c1-9-7-10-13(17-8-18-15(10)22-9)19-11-3-6-21-12(11)14-16-4-5-20(14)2/h4-5,7-8,11-12H,3,6H2,1-2H3,(H,17,18,19)/t11-,12-/m0/s1. The van der Waals surface area contributed by atoms with Gasteiger partial charge in [0.15, 0.2) is 0 Å². The highest BCUT2D eigenvalue weighted by Crippen LogP contribution is 2.33. The van der Waals surface area contributed by atoms with Crippen molar-refractivity contribution in [3.05, 3.63) is 35.5 Å². The van der Waals surface area contributed by atoms with E-state index >= 15 is 0 Å². The van der Waals surface area contributed by atoms with Crippen molar-refractivity contribution in [2.45, 2.75) is 25.5 Å². The van der Waals surface area contributed by atoms with E-state index in [1.165, 1.54) is 4.88 Å². The number of fused-ring (bicyclic) bond motifs is 1. The summed E-state index contributed by atoms with van der Waals surface area (Å²) in [6, 6.07) is 2.30. The largest absolute Gasteiger partial charge is 0.368 e. The van der Waals surface area contributed by atoms with Gasteiger partial charge in [-0.15, -0.1) is 11.3 Å². The molecule has 0 amide bonds. The van der Waals surface area contributed by atoms with Crippen LogP contribution in [0, 0.1) is 6.92 Å². The van der Waals surface area contributed by atoms with Crippen LogP contribution in [0.25, 0.3) is 10.2 Å². The van der Waals surface area contributed by atoms with Gasteiger partial charge in [-0.05, 0) is 19.4 Å². The molecule has 0 aliphatic carbocycles. The van der Waals surface area contributed by atoms with Crippen LogP contribution in [-0.4, -0.2) is 32.2 Å². The third-order valence-corrected chi connectivity index (χ3v) is 4.94. The molecule has 22 heavy (non-hydrogen) atoms. The summed E-state index contributed by atoms with van der Waals surface area (Å²) in [5.74, 6) is 1.82. The number of aryl methyl sites for hydroxylation is 2. The Balaban J connectivity index is 1.65. The van der Waals surface area contributed by atoms with Gasteiger partial charge in [-0.25, -0.2) is 15.0 Å². The summed E-state index contributed by atoms with van der Waals surface area (Å²) in [5.41, 5.74) is 0. The van der Waals surface area contributed by atoms with E-state index in [4.69, 9.17) is 4.74 Å². The Morgan fingerprint density at radius 3 is 3.09 bits per heavy atom. The molecular weight excluding hydrogens is 298 g/mol. The summed E-state index contributed by atoms with van der Waals surface area (Å²) in [4.78, 5) is 15.4. The van der Waals surface area contributed by atoms with Gasteiger partial charge in [-0.2, -0.15) is 0 Å². The summed E-state index contributed by atoms with van der Waals surface area (Å²) < 4.78 is 7.90. The van der Waals surface area contributed by atoms with Crippen molar-refractivity contribution >= 4 is 27.4 Å². The maximum Gasteiger partial charge on any atom is 0.139 e. The number of imidazole rings is 1. The maximum atomic E-state index is 5.89. The maximum absolute atomic E-state index is 5.89. The average molecular weight is 315 g/mol. The first-order chi connectivity index (χ1) is 10.7. The van der Waals surface area contributed by atoms with E-state index in [1.807, 2.05) is 17.8 Å². The van der Waals surface area contributed by atoms with Crippen LogP contribution in [0.4, 0.5) is 5.82 Å². The third-order valence-electron chi connectivity index (χ3n) is 3.98. The monoisotopic (exact) mass is 315 g/mol. The average Bonchev–Trinajstić information content (AvgIpc) is 3.18. The first kappa shape index (κ1) is 13.7. The van der Waals surface area contributed by atoms with Gasteiger partial charge in [0.2, 0.25) is 0 Å². The van der Waals surface area contributed by atoms with Gasteiger partial charge in [0.05, 0.1) is 11.4 Å². The quantitative estimate of drug-likeness (QED) is 0.805. The summed E-state index contributed by atoms with van der Waals surface area (Å²) in [7, 11) is 1.99. The number of nitrogens with zero attached hydrogens (tertiary/aromatic N) is 4. The Kier molecular flexibility index (Phi) is 3.31. The van der Waals surface area contributed by atoms with Gasteiger partial charge in [-0.1, -0.05) is 0 Å². The van der Waals surface area contributed by atoms with E-state index in [1.54, 1.807) is 23.9 Å². The van der Waals surface area contributed by atoms with Crippen LogP contribution in [0.2, 0.25) is 0 Å². The van der Waals surface area contributed by atoms with E-state index in [-0.39, 0.29) is 12.1 Å². The molecule has 7 heteroatoms. The number of anilines is 1. The minimum atomic E-state index is -0.0512. The predicted octanol–water partition coefficient (Wildman–Crippen LogP) is 2.68. The highest BCUT2D eigenvalue weighted by molar-refractivity contribution is 7.18. The lowest BCUT2D eigenvalue weighted by Gasteiger charge is -2.20. The highest BCUT2D eigenvalue weighted by Gasteiger charge is 2.33. The Labute approximate surface area is 132 Å². The zero-order valence-electron chi connectivity index (χ0n) is 12.5. The molecule has 4 heterocycles. The second kappa shape index (κ2) is 5.33. The number of rotatable bonds is 3. The number of ether oxygens (including phenoxy) is 1. The molecule has 1 fully saturated rings. The predicted molar refractivity (Wildman–Crippen MR) is 86.1 cm³/mol. The molecule has 0 radical (unpaired) electrons. The highest BCUT2D eigenvalue weighted by atomic mass is 32.1. The minimum Gasteiger partial charge on any atom is -0.368 e. The molecule has 0 bridgehead atoms. The van der Waals surface area contributed by atoms with Crippen LogP contribution >= 0.6 is 11.3 Å². The molecule has 1 saturated heterocycles. The van der Waals surface area contributed by atoms with Gasteiger partial charge < -0.3 is 14.6 Å². The van der Waals surface area contributed by atoms with Crippen LogP contribution in [0.1, 0.15) is 23.2 Å². The molecule has 0 unspecified atom stereocenters. The number of hydrogen-bond donors (Lipinski definition) is 1. The topological polar surface area (TPSA) is 64.9 Å². The first-order valence-electron chi connectivity index (χ1n) is 7.29. The molecule has 0 spiro atoms. The van der Waals surface area contributed by atoms with Gasteiger partial charge in [0.1, 0.15) is 28.9 Å². The fraction of sp³-hybridized carbons (Fsp3) is 0.400. The second-order valence-corrected chi connectivity index (χ2v) is 6.76. The molecule has 3 aromatic heterocycles. The molecular formula is C15H17N5OS. The summed E-state index contributed by atoms with van der Waals surface area (Å²) >= 11 is 1.69. The Morgan fingerprint density at radius 1 is 1.36 bits per heavy atom. The summed E-state index contributed by atoms with van der Waals surface area (Å²) in [5, 5.41) is 4.62. The van der Waals surface area contributed by atoms with Crippen molar-refractivity contribution in [1.82, 2.24) is 19.5 Å². The SMILES string of the molecule is Cc1cc2c(N[C@H]3CCO[C@@H]3c3nccn3C)ncnc2s1. The molecule has 1 N–H and O–H groups in total. The van der Waals surface area contributed by atoms with Crippen LogP contribution < -0.4 is 5.32 Å². The van der Waals surface area contributed by atoms with Crippen molar-refractivity contribution in [1.29, 1.82) is 0 Å². The minimum absolute atomic E-state index is 0.0512. The lowest BCUT2D eigenvalue weighted by atomic mass is 10.1. The van der Waals surface area contributed by atoms with Crippen molar-refractivity contribution < 1.29 is 4.74 Å². The van der Waals surface area contributed by atoms with E-state index in [0.717, 1.165) is 34.9 Å². The molecule has 6 nitrogen and oxygen atoms in total. The molecule has 1 aliphatic rings. The molecule has 114 valence electrons. The first-order valence-corrected chi connectivity index (χ1v) is 8.10. The molecule has 4 rings (SSSR count). The van der Waals surface area contributed by atoms with Crippen molar-refractivity contribution in [2.75, 3.05) is 11.9 Å². The van der Waals surface area contributed by atoms with Crippen LogP contribution in [-0.2, 0) is 11.8 Å². The lowest BCUT2D eigenvalue weighted by Crippen LogP contribution is -2.25. The van der Waals surface area contributed by atoms with Crippen LogP contribution in [0.15, 0.2) is 24.8 Å².